The van der Waals surface area contributed by atoms with Crippen molar-refractivity contribution >= 4 is 5.78 Å². The molecule has 1 heterocycles. The van der Waals surface area contributed by atoms with Crippen LogP contribution in [0.2, 0.25) is 0 Å². The predicted molar refractivity (Wildman–Crippen MR) is 52.6 cm³/mol. The van der Waals surface area contributed by atoms with Crippen LogP contribution in [-0.4, -0.2) is 29.8 Å². The Kier molecular flexibility index (Phi) is 2.68. The second-order valence-electron chi connectivity index (χ2n) is 4.67. The van der Waals surface area contributed by atoms with Gasteiger partial charge in [0.2, 0.25) is 0 Å². The van der Waals surface area contributed by atoms with Crippen molar-refractivity contribution in [2.24, 2.45) is 5.92 Å². The molecule has 0 aromatic carbocycles. The van der Waals surface area contributed by atoms with Gasteiger partial charge in [0.1, 0.15) is 5.78 Å². The lowest BCUT2D eigenvalue weighted by Crippen LogP contribution is -2.36. The van der Waals surface area contributed by atoms with Crippen LogP contribution in [0.3, 0.4) is 0 Å². The molecule has 0 N–H and O–H groups in total. The second kappa shape index (κ2) is 3.79. The molecule has 0 aromatic heterocycles. The molecule has 1 aliphatic carbocycles. The van der Waals surface area contributed by atoms with E-state index in [1.54, 1.807) is 0 Å². The number of hydrogen-bond acceptors (Lipinski definition) is 2. The van der Waals surface area contributed by atoms with Gasteiger partial charge in [-0.25, -0.2) is 0 Å². The van der Waals surface area contributed by atoms with Crippen LogP contribution in [0.1, 0.15) is 39.0 Å². The van der Waals surface area contributed by atoms with E-state index in [-0.39, 0.29) is 0 Å². The predicted octanol–water partition coefficient (Wildman–Crippen LogP) is 1.84. The molecule has 0 atom stereocenters. The Balaban J connectivity index is 1.84. The van der Waals surface area contributed by atoms with E-state index in [4.69, 9.17) is 0 Å². The fraction of sp³-hybridized carbons (Fsp3) is 0.909. The van der Waals surface area contributed by atoms with Gasteiger partial charge in [-0.2, -0.15) is 0 Å². The normalized spacial score (nSPS) is 36.8. The van der Waals surface area contributed by atoms with Crippen LogP contribution in [-0.2, 0) is 4.79 Å². The molecule has 0 amide bonds. The van der Waals surface area contributed by atoms with Crippen LogP contribution in [0.15, 0.2) is 0 Å². The van der Waals surface area contributed by atoms with E-state index in [1.807, 2.05) is 0 Å². The third-order valence-electron chi connectivity index (χ3n) is 3.56. The van der Waals surface area contributed by atoms with Crippen LogP contribution in [0, 0.1) is 5.92 Å². The summed E-state index contributed by atoms with van der Waals surface area (Å²) in [6.07, 6.45) is 6.14. The summed E-state index contributed by atoms with van der Waals surface area (Å²) in [7, 11) is 0. The molecule has 74 valence electrons. The van der Waals surface area contributed by atoms with Crippen LogP contribution < -0.4 is 0 Å². The van der Waals surface area contributed by atoms with Gasteiger partial charge in [-0.3, -0.25) is 9.69 Å². The number of likely N-dealkylation sites (tertiary alicyclic amines) is 1. The molecular formula is C11H19NO. The maximum atomic E-state index is 11.1. The van der Waals surface area contributed by atoms with E-state index in [2.05, 4.69) is 11.8 Å². The van der Waals surface area contributed by atoms with E-state index in [9.17, 15) is 4.79 Å². The zero-order valence-corrected chi connectivity index (χ0v) is 8.46. The number of carbonyl (C=O) groups is 1. The van der Waals surface area contributed by atoms with Crippen LogP contribution in [0.4, 0.5) is 0 Å². The summed E-state index contributed by atoms with van der Waals surface area (Å²) >= 11 is 0. The van der Waals surface area contributed by atoms with Crippen molar-refractivity contribution < 1.29 is 4.79 Å². The smallest absolute Gasteiger partial charge is 0.148 e. The SMILES string of the molecule is CC1CCC(N2CCC(=O)C2)CC1. The zero-order chi connectivity index (χ0) is 9.26. The molecule has 0 bridgehead atoms. The molecule has 13 heavy (non-hydrogen) atoms. The highest BCUT2D eigenvalue weighted by Crippen LogP contribution is 2.28. The first-order chi connectivity index (χ1) is 6.25. The molecule has 0 radical (unpaired) electrons. The highest BCUT2D eigenvalue weighted by atomic mass is 16.1. The summed E-state index contributed by atoms with van der Waals surface area (Å²) < 4.78 is 0. The maximum absolute atomic E-state index is 11.1. The van der Waals surface area contributed by atoms with E-state index in [0.29, 0.717) is 5.78 Å². The largest absolute Gasteiger partial charge is 0.298 e. The zero-order valence-electron chi connectivity index (χ0n) is 8.46. The first kappa shape index (κ1) is 9.20. The molecule has 2 fully saturated rings. The molecule has 1 saturated heterocycles. The summed E-state index contributed by atoms with van der Waals surface area (Å²) in [4.78, 5) is 13.5. The quantitative estimate of drug-likeness (QED) is 0.615. The lowest BCUT2D eigenvalue weighted by atomic mass is 9.87. The Hall–Kier alpha value is -0.370. The number of ketones is 1. The molecule has 2 heteroatoms. The standard InChI is InChI=1S/C11H19NO/c1-9-2-4-10(5-3-9)12-7-6-11(13)8-12/h9-10H,2-8H2,1H3. The highest BCUT2D eigenvalue weighted by molar-refractivity contribution is 5.82. The van der Waals surface area contributed by atoms with Gasteiger partial charge in [-0.15, -0.1) is 0 Å². The number of nitrogens with zero attached hydrogens (tertiary/aromatic N) is 1. The van der Waals surface area contributed by atoms with Crippen molar-refractivity contribution in [3.63, 3.8) is 0 Å². The fourth-order valence-corrected chi connectivity index (χ4v) is 2.57. The number of hydrogen-bond donors (Lipinski definition) is 0. The van der Waals surface area contributed by atoms with Gasteiger partial charge in [0.25, 0.3) is 0 Å². The highest BCUT2D eigenvalue weighted by Gasteiger charge is 2.28. The van der Waals surface area contributed by atoms with E-state index >= 15 is 0 Å². The average Bonchev–Trinajstić information content (AvgIpc) is 2.53. The van der Waals surface area contributed by atoms with Gasteiger partial charge in [0, 0.05) is 19.0 Å². The third kappa shape index (κ3) is 2.11. The summed E-state index contributed by atoms with van der Waals surface area (Å²) in [5, 5.41) is 0. The maximum Gasteiger partial charge on any atom is 0.148 e. The van der Waals surface area contributed by atoms with Crippen molar-refractivity contribution in [1.29, 1.82) is 0 Å². The van der Waals surface area contributed by atoms with Gasteiger partial charge in [0.15, 0.2) is 0 Å². The Morgan fingerprint density at radius 3 is 2.46 bits per heavy atom. The van der Waals surface area contributed by atoms with Gasteiger partial charge < -0.3 is 0 Å². The van der Waals surface area contributed by atoms with E-state index in [1.165, 1.54) is 25.7 Å². The molecule has 0 aromatic rings. The Morgan fingerprint density at radius 2 is 1.92 bits per heavy atom. The van der Waals surface area contributed by atoms with E-state index in [0.717, 1.165) is 31.5 Å². The van der Waals surface area contributed by atoms with Crippen molar-refractivity contribution in [1.82, 2.24) is 4.90 Å². The van der Waals surface area contributed by atoms with Crippen molar-refractivity contribution in [2.75, 3.05) is 13.1 Å². The Morgan fingerprint density at radius 1 is 1.23 bits per heavy atom. The first-order valence-corrected chi connectivity index (χ1v) is 5.51. The molecule has 0 unspecified atom stereocenters. The van der Waals surface area contributed by atoms with Crippen molar-refractivity contribution in [2.45, 2.75) is 45.1 Å². The summed E-state index contributed by atoms with van der Waals surface area (Å²) in [5.74, 6) is 1.35. The second-order valence-corrected chi connectivity index (χ2v) is 4.67. The summed E-state index contributed by atoms with van der Waals surface area (Å²) in [6.45, 7) is 4.10. The van der Waals surface area contributed by atoms with Crippen LogP contribution in [0.5, 0.6) is 0 Å². The fourth-order valence-electron chi connectivity index (χ4n) is 2.57. The lowest BCUT2D eigenvalue weighted by molar-refractivity contribution is -0.117. The number of carbonyl (C=O) groups excluding carboxylic acids is 1. The van der Waals surface area contributed by atoms with Crippen molar-refractivity contribution in [3.05, 3.63) is 0 Å². The molecule has 2 nitrogen and oxygen atoms in total. The van der Waals surface area contributed by atoms with Gasteiger partial charge >= 0.3 is 0 Å². The summed E-state index contributed by atoms with van der Waals surface area (Å²) in [5.41, 5.74) is 0. The Labute approximate surface area is 80.3 Å². The van der Waals surface area contributed by atoms with Gasteiger partial charge in [0.05, 0.1) is 6.54 Å². The molecule has 2 rings (SSSR count). The lowest BCUT2D eigenvalue weighted by Gasteiger charge is -2.32. The molecule has 1 aliphatic heterocycles. The van der Waals surface area contributed by atoms with Gasteiger partial charge in [-0.1, -0.05) is 6.92 Å². The topological polar surface area (TPSA) is 20.3 Å². The van der Waals surface area contributed by atoms with Crippen LogP contribution in [0.25, 0.3) is 0 Å². The van der Waals surface area contributed by atoms with Crippen LogP contribution >= 0.6 is 0 Å². The molecule has 1 saturated carbocycles. The molecule has 0 spiro atoms. The van der Waals surface area contributed by atoms with E-state index < -0.39 is 0 Å². The first-order valence-electron chi connectivity index (χ1n) is 5.51. The number of Topliss-reactive ketones (excluding diaryl/α,β-unsaturated/α-hetero) is 1. The van der Waals surface area contributed by atoms with Crippen molar-refractivity contribution in [3.8, 4) is 0 Å². The minimum Gasteiger partial charge on any atom is -0.298 e. The van der Waals surface area contributed by atoms with Gasteiger partial charge in [-0.05, 0) is 31.6 Å². The summed E-state index contributed by atoms with van der Waals surface area (Å²) in [6, 6.07) is 0.725. The molecule has 2 aliphatic rings. The minimum absolute atomic E-state index is 0.443. The third-order valence-corrected chi connectivity index (χ3v) is 3.56. The minimum atomic E-state index is 0.443. The molecular weight excluding hydrogens is 162 g/mol. The average molecular weight is 181 g/mol. The number of rotatable bonds is 1. The Bertz CT molecular complexity index is 194. The monoisotopic (exact) mass is 181 g/mol.